The molecule has 3 rings (SSSR count). The largest absolute Gasteiger partial charge is 0.508 e. The molecule has 0 saturated heterocycles. The minimum Gasteiger partial charge on any atom is -0.508 e. The number of benzene rings is 2. The molecule has 3 aromatic rings. The molecule has 168 valence electrons. The molecular formula is C25H29N3O4. The molecule has 32 heavy (non-hydrogen) atoms. The Labute approximate surface area is 187 Å². The van der Waals surface area contributed by atoms with Gasteiger partial charge in [-0.1, -0.05) is 49.8 Å². The molecular weight excluding hydrogens is 406 g/mol. The molecule has 1 aromatic heterocycles. The second kappa shape index (κ2) is 9.60. The first-order valence-corrected chi connectivity index (χ1v) is 10.6. The van der Waals surface area contributed by atoms with Gasteiger partial charge in [-0.25, -0.2) is 0 Å². The van der Waals surface area contributed by atoms with Gasteiger partial charge in [0.15, 0.2) is 11.5 Å². The number of nitrogens with one attached hydrogen (secondary N) is 2. The van der Waals surface area contributed by atoms with Gasteiger partial charge < -0.3 is 25.4 Å². The smallest absolute Gasteiger partial charge is 0.274 e. The fourth-order valence-corrected chi connectivity index (χ4v) is 3.42. The summed E-state index contributed by atoms with van der Waals surface area (Å²) < 4.78 is 5.59. The maximum Gasteiger partial charge on any atom is 0.274 e. The van der Waals surface area contributed by atoms with E-state index in [4.69, 9.17) is 4.52 Å². The van der Waals surface area contributed by atoms with Gasteiger partial charge in [-0.3, -0.25) is 4.79 Å². The minimum atomic E-state index is -0.368. The Morgan fingerprint density at radius 2 is 1.81 bits per heavy atom. The van der Waals surface area contributed by atoms with Gasteiger partial charge in [-0.2, -0.15) is 0 Å². The van der Waals surface area contributed by atoms with Crippen LogP contribution in [0, 0.1) is 0 Å². The number of hydrogen-bond acceptors (Lipinski definition) is 6. The number of allylic oxidation sites excluding steroid dienone is 1. The third-order valence-electron chi connectivity index (χ3n) is 5.09. The van der Waals surface area contributed by atoms with E-state index in [-0.39, 0.29) is 34.8 Å². The zero-order valence-corrected chi connectivity index (χ0v) is 18.8. The van der Waals surface area contributed by atoms with Gasteiger partial charge in [0.2, 0.25) is 0 Å². The van der Waals surface area contributed by atoms with Crippen molar-refractivity contribution in [1.29, 1.82) is 0 Å². The molecule has 0 aliphatic carbocycles. The van der Waals surface area contributed by atoms with E-state index in [0.29, 0.717) is 29.8 Å². The van der Waals surface area contributed by atoms with E-state index in [1.165, 1.54) is 6.07 Å². The summed E-state index contributed by atoms with van der Waals surface area (Å²) in [4.78, 5) is 12.7. The van der Waals surface area contributed by atoms with Crippen LogP contribution in [0.15, 0.2) is 53.2 Å². The number of amides is 1. The van der Waals surface area contributed by atoms with Crippen LogP contribution in [-0.4, -0.2) is 27.8 Å². The highest BCUT2D eigenvalue weighted by atomic mass is 16.5. The summed E-state index contributed by atoms with van der Waals surface area (Å²) in [5.41, 5.74) is 4.26. The zero-order chi connectivity index (χ0) is 23.4. The van der Waals surface area contributed by atoms with E-state index in [9.17, 15) is 15.0 Å². The number of hydrogen-bond donors (Lipinski definition) is 4. The molecule has 2 aromatic carbocycles. The van der Waals surface area contributed by atoms with Gasteiger partial charge in [-0.05, 0) is 42.5 Å². The molecule has 4 N–H and O–H groups in total. The molecule has 7 heteroatoms. The quantitative estimate of drug-likeness (QED) is 0.400. The summed E-state index contributed by atoms with van der Waals surface area (Å²) in [6.07, 6.45) is 0. The Bertz CT molecular complexity index is 1130. The molecule has 1 heterocycles. The maximum atomic E-state index is 12.7. The molecule has 1 amide bonds. The van der Waals surface area contributed by atoms with Crippen molar-refractivity contribution in [1.82, 2.24) is 15.8 Å². The summed E-state index contributed by atoms with van der Waals surface area (Å²) in [5.74, 6) is -0.246. The van der Waals surface area contributed by atoms with Crippen molar-refractivity contribution in [3.8, 4) is 33.9 Å². The number of phenols is 2. The van der Waals surface area contributed by atoms with Crippen molar-refractivity contribution in [3.05, 3.63) is 65.5 Å². The van der Waals surface area contributed by atoms with Crippen LogP contribution in [0.3, 0.4) is 0 Å². The normalized spacial score (nSPS) is 10.9. The highest BCUT2D eigenvalue weighted by Gasteiger charge is 2.26. The van der Waals surface area contributed by atoms with Crippen molar-refractivity contribution in [2.75, 3.05) is 6.54 Å². The van der Waals surface area contributed by atoms with Gasteiger partial charge in [0.25, 0.3) is 5.91 Å². The lowest BCUT2D eigenvalue weighted by Gasteiger charge is -2.13. The topological polar surface area (TPSA) is 108 Å². The van der Waals surface area contributed by atoms with E-state index >= 15 is 0 Å². The number of aromatic nitrogens is 1. The molecule has 0 bridgehead atoms. The third kappa shape index (κ3) is 4.77. The molecule has 0 aliphatic rings. The maximum absolute atomic E-state index is 12.7. The monoisotopic (exact) mass is 435 g/mol. The summed E-state index contributed by atoms with van der Waals surface area (Å²) in [6, 6.07) is 10.6. The van der Waals surface area contributed by atoms with Crippen LogP contribution >= 0.6 is 0 Å². The number of aromatic hydroxyl groups is 2. The van der Waals surface area contributed by atoms with Gasteiger partial charge >= 0.3 is 0 Å². The zero-order valence-electron chi connectivity index (χ0n) is 18.8. The third-order valence-corrected chi connectivity index (χ3v) is 5.09. The molecule has 0 unspecified atom stereocenters. The van der Waals surface area contributed by atoms with E-state index < -0.39 is 0 Å². The lowest BCUT2D eigenvalue weighted by Crippen LogP contribution is -2.23. The number of carbonyl (C=O) groups excluding carboxylic acids is 1. The van der Waals surface area contributed by atoms with Gasteiger partial charge in [-0.15, -0.1) is 0 Å². The van der Waals surface area contributed by atoms with Crippen LogP contribution < -0.4 is 10.6 Å². The Morgan fingerprint density at radius 1 is 1.12 bits per heavy atom. The second-order valence-corrected chi connectivity index (χ2v) is 8.01. The highest BCUT2D eigenvalue weighted by molar-refractivity contribution is 6.02. The van der Waals surface area contributed by atoms with Crippen molar-refractivity contribution in [2.45, 2.75) is 40.2 Å². The van der Waals surface area contributed by atoms with Crippen LogP contribution in [0.25, 0.3) is 22.5 Å². The first-order valence-electron chi connectivity index (χ1n) is 10.6. The molecule has 0 saturated carbocycles. The Balaban J connectivity index is 2.15. The van der Waals surface area contributed by atoms with Crippen molar-refractivity contribution < 1.29 is 19.5 Å². The number of nitrogens with zero attached hydrogens (tertiary/aromatic N) is 1. The summed E-state index contributed by atoms with van der Waals surface area (Å²) >= 11 is 0. The van der Waals surface area contributed by atoms with E-state index in [0.717, 1.165) is 16.8 Å². The van der Waals surface area contributed by atoms with Gasteiger partial charge in [0.1, 0.15) is 11.5 Å². The van der Waals surface area contributed by atoms with Crippen molar-refractivity contribution >= 4 is 5.91 Å². The standard InChI is InChI=1S/C25H29N3O4/c1-6-26-25(31)23-22(17-9-7-16(8-10-17)13-27-15(4)5)24(32-28-23)19-11-18(14(2)3)20(29)12-21(19)30/h7-12,14,27,29-30H,4,6,13H2,1-3,5H3,(H,26,31). The minimum absolute atomic E-state index is 0.000583. The first kappa shape index (κ1) is 22.9. The van der Waals surface area contributed by atoms with Crippen molar-refractivity contribution in [2.24, 2.45) is 0 Å². The van der Waals surface area contributed by atoms with Crippen LogP contribution in [0.5, 0.6) is 11.5 Å². The fourth-order valence-electron chi connectivity index (χ4n) is 3.42. The summed E-state index contributed by atoms with van der Waals surface area (Å²) in [5, 5.41) is 30.8. The van der Waals surface area contributed by atoms with Crippen LogP contribution in [-0.2, 0) is 6.54 Å². The van der Waals surface area contributed by atoms with Gasteiger partial charge in [0, 0.05) is 24.9 Å². The average molecular weight is 436 g/mol. The number of rotatable bonds is 8. The molecule has 7 nitrogen and oxygen atoms in total. The highest BCUT2D eigenvalue weighted by Crippen LogP contribution is 2.43. The molecule has 0 fully saturated rings. The second-order valence-electron chi connectivity index (χ2n) is 8.01. The molecule has 0 aliphatic heterocycles. The number of phenolic OH excluding ortho intramolecular Hbond substituents is 2. The molecule has 0 atom stereocenters. The lowest BCUT2D eigenvalue weighted by molar-refractivity contribution is 0.0947. The van der Waals surface area contributed by atoms with Crippen LogP contribution in [0.2, 0.25) is 0 Å². The predicted octanol–water partition coefficient (Wildman–Crippen LogP) is 4.92. The Kier molecular flexibility index (Phi) is 6.88. The van der Waals surface area contributed by atoms with E-state index in [2.05, 4.69) is 22.4 Å². The van der Waals surface area contributed by atoms with E-state index in [1.807, 2.05) is 52.0 Å². The summed E-state index contributed by atoms with van der Waals surface area (Å²) in [6.45, 7) is 12.5. The van der Waals surface area contributed by atoms with Gasteiger partial charge in [0.05, 0.1) is 11.1 Å². The first-order chi connectivity index (χ1) is 15.2. The lowest BCUT2D eigenvalue weighted by atomic mass is 9.94. The SMILES string of the molecule is C=C(C)NCc1ccc(-c2c(C(=O)NCC)noc2-c2cc(C(C)C)c(O)cc2O)cc1. The summed E-state index contributed by atoms with van der Waals surface area (Å²) in [7, 11) is 0. The van der Waals surface area contributed by atoms with Crippen molar-refractivity contribution in [3.63, 3.8) is 0 Å². The number of carbonyl (C=O) groups is 1. The molecule has 0 radical (unpaired) electrons. The Morgan fingerprint density at radius 3 is 2.41 bits per heavy atom. The predicted molar refractivity (Wildman–Crippen MR) is 124 cm³/mol. The Hall–Kier alpha value is -3.74. The average Bonchev–Trinajstić information content (AvgIpc) is 3.17. The van der Waals surface area contributed by atoms with Crippen LogP contribution in [0.1, 0.15) is 55.2 Å². The van der Waals surface area contributed by atoms with E-state index in [1.54, 1.807) is 6.07 Å². The fraction of sp³-hybridized carbons (Fsp3) is 0.280. The van der Waals surface area contributed by atoms with Crippen LogP contribution in [0.4, 0.5) is 0 Å². The molecule has 0 spiro atoms.